The van der Waals surface area contributed by atoms with Crippen molar-refractivity contribution in [1.29, 1.82) is 5.26 Å². The lowest BCUT2D eigenvalue weighted by molar-refractivity contribution is -0.128. The van der Waals surface area contributed by atoms with E-state index in [1.165, 1.54) is 36.2 Å². The molecular weight excluding hydrogens is 652 g/mol. The van der Waals surface area contributed by atoms with E-state index in [1.54, 1.807) is 11.9 Å². The summed E-state index contributed by atoms with van der Waals surface area (Å²) in [4.78, 5) is 32.3. The molecule has 3 aromatic rings. The van der Waals surface area contributed by atoms with E-state index in [0.717, 1.165) is 77.5 Å². The summed E-state index contributed by atoms with van der Waals surface area (Å²) in [5.74, 6) is 6.28. The van der Waals surface area contributed by atoms with E-state index in [9.17, 15) is 10.1 Å². The third-order valence-electron chi connectivity index (χ3n) is 10.6. The molecule has 1 aromatic heterocycles. The molecule has 4 aliphatic rings. The number of hydrazine groups is 1. The number of benzene rings is 2. The van der Waals surface area contributed by atoms with E-state index >= 15 is 0 Å². The predicted octanol–water partition coefficient (Wildman–Crippen LogP) is 3.95. The Balaban J connectivity index is 1.19. The summed E-state index contributed by atoms with van der Waals surface area (Å²) in [6, 6.07) is 14.6. The fourth-order valence-corrected chi connectivity index (χ4v) is 8.56. The molecule has 4 N–H and O–H groups in total. The van der Waals surface area contributed by atoms with Gasteiger partial charge in [0.15, 0.2) is 0 Å². The molecule has 0 spiro atoms. The third-order valence-corrected chi connectivity index (χ3v) is 11.0. The molecule has 1 amide bonds. The van der Waals surface area contributed by atoms with Gasteiger partial charge in [0.05, 0.1) is 41.3 Å². The van der Waals surface area contributed by atoms with E-state index in [4.69, 9.17) is 37.9 Å². The van der Waals surface area contributed by atoms with Crippen molar-refractivity contribution in [3.8, 4) is 12.1 Å². The number of allylic oxidation sites excluding steroid dienone is 1. The number of hydrogen-bond acceptors (Lipinski definition) is 11. The summed E-state index contributed by atoms with van der Waals surface area (Å²) in [6.07, 6.45) is 10.1. The van der Waals surface area contributed by atoms with Gasteiger partial charge in [0, 0.05) is 67.8 Å². The van der Waals surface area contributed by atoms with Crippen LogP contribution in [0.15, 0.2) is 60.4 Å². The third kappa shape index (κ3) is 6.77. The zero-order valence-corrected chi connectivity index (χ0v) is 29.4. The largest absolute Gasteiger partial charge is 0.461 e. The minimum Gasteiger partial charge on any atom is -0.461 e. The van der Waals surface area contributed by atoms with Crippen LogP contribution in [0, 0.1) is 11.3 Å². The van der Waals surface area contributed by atoms with Gasteiger partial charge in [-0.05, 0) is 68.8 Å². The molecule has 3 fully saturated rings. The van der Waals surface area contributed by atoms with Gasteiger partial charge in [-0.1, -0.05) is 35.9 Å². The normalized spacial score (nSPS) is 20.6. The lowest BCUT2D eigenvalue weighted by Crippen LogP contribution is -2.55. The Morgan fingerprint density at radius 1 is 1.10 bits per heavy atom. The minimum atomic E-state index is -0.328. The number of carbonyl (C=O) groups excluding carboxylic acids is 1. The molecule has 50 heavy (non-hydrogen) atoms. The number of nitriles is 1. The highest BCUT2D eigenvalue weighted by Crippen LogP contribution is 2.40. The summed E-state index contributed by atoms with van der Waals surface area (Å²) in [5.41, 5.74) is 9.49. The zero-order chi connectivity index (χ0) is 34.8. The molecule has 4 aliphatic heterocycles. The molecular formula is C37H45ClN10O2. The number of nitrogens with zero attached hydrogens (tertiary/aromatic N) is 8. The van der Waals surface area contributed by atoms with Crippen molar-refractivity contribution in [2.24, 2.45) is 11.6 Å². The molecule has 2 aromatic carbocycles. The molecule has 0 saturated carbocycles. The Labute approximate surface area is 298 Å². The van der Waals surface area contributed by atoms with Crippen molar-refractivity contribution in [2.75, 3.05) is 62.7 Å². The molecule has 0 unspecified atom stereocenters. The number of carbonyl (C=O) groups is 1. The van der Waals surface area contributed by atoms with E-state index in [-0.39, 0.29) is 23.9 Å². The Morgan fingerprint density at radius 2 is 1.88 bits per heavy atom. The molecule has 262 valence electrons. The number of anilines is 2. The number of nitrogens with two attached hydrogens (primary N) is 2. The minimum absolute atomic E-state index is 0.0563. The molecule has 12 nitrogen and oxygen atoms in total. The first-order chi connectivity index (χ1) is 24.2. The van der Waals surface area contributed by atoms with Crippen LogP contribution in [-0.4, -0.2) is 95.2 Å². The van der Waals surface area contributed by atoms with Crippen LogP contribution in [0.2, 0.25) is 5.02 Å². The number of hydrogen-bond donors (Lipinski definition) is 2. The zero-order valence-electron chi connectivity index (χ0n) is 28.6. The highest BCUT2D eigenvalue weighted by atomic mass is 35.5. The van der Waals surface area contributed by atoms with Crippen LogP contribution in [0.4, 0.5) is 11.5 Å². The van der Waals surface area contributed by atoms with Gasteiger partial charge in [0.2, 0.25) is 5.91 Å². The van der Waals surface area contributed by atoms with Gasteiger partial charge in [0.25, 0.3) is 0 Å². The molecule has 0 aliphatic carbocycles. The molecule has 0 bridgehead atoms. The van der Waals surface area contributed by atoms with E-state index in [2.05, 4.69) is 45.0 Å². The second-order valence-electron chi connectivity index (χ2n) is 13.9. The van der Waals surface area contributed by atoms with Crippen LogP contribution in [-0.2, 0) is 17.8 Å². The van der Waals surface area contributed by atoms with Gasteiger partial charge in [-0.3, -0.25) is 9.69 Å². The highest BCUT2D eigenvalue weighted by molar-refractivity contribution is 6.36. The Morgan fingerprint density at radius 3 is 2.64 bits per heavy atom. The summed E-state index contributed by atoms with van der Waals surface area (Å²) in [5, 5.41) is 14.0. The molecule has 13 heteroatoms. The fraction of sp³-hybridized carbons (Fsp3) is 0.459. The number of aromatic nitrogens is 2. The monoisotopic (exact) mass is 696 g/mol. The fourth-order valence-electron chi connectivity index (χ4n) is 8.28. The van der Waals surface area contributed by atoms with Crippen molar-refractivity contribution in [1.82, 2.24) is 24.8 Å². The molecule has 1 atom stereocenters. The average Bonchev–Trinajstić information content (AvgIpc) is 3.70. The lowest BCUT2D eigenvalue weighted by Gasteiger charge is -2.42. The van der Waals surface area contributed by atoms with Gasteiger partial charge in [-0.15, -0.1) is 0 Å². The van der Waals surface area contributed by atoms with Gasteiger partial charge in [0.1, 0.15) is 12.4 Å². The molecule has 5 heterocycles. The van der Waals surface area contributed by atoms with Crippen molar-refractivity contribution >= 4 is 39.8 Å². The first-order valence-corrected chi connectivity index (χ1v) is 17.9. The number of amides is 1. The molecule has 0 radical (unpaired) electrons. The second-order valence-corrected chi connectivity index (χ2v) is 14.3. The summed E-state index contributed by atoms with van der Waals surface area (Å²) < 4.78 is 6.55. The predicted molar refractivity (Wildman–Crippen MR) is 195 cm³/mol. The van der Waals surface area contributed by atoms with Crippen LogP contribution in [0.3, 0.4) is 0 Å². The van der Waals surface area contributed by atoms with Crippen LogP contribution in [0.5, 0.6) is 6.01 Å². The summed E-state index contributed by atoms with van der Waals surface area (Å²) >= 11 is 6.76. The van der Waals surface area contributed by atoms with Crippen molar-refractivity contribution in [3.63, 3.8) is 0 Å². The number of ether oxygens (including phenoxy) is 1. The van der Waals surface area contributed by atoms with Crippen molar-refractivity contribution < 1.29 is 9.53 Å². The first kappa shape index (κ1) is 33.9. The topological polar surface area (TPSA) is 144 Å². The Bertz CT molecular complexity index is 1840. The van der Waals surface area contributed by atoms with Crippen LogP contribution in [0.1, 0.15) is 43.4 Å². The highest BCUT2D eigenvalue weighted by Gasteiger charge is 2.45. The maximum absolute atomic E-state index is 13.3. The number of piperazine rings is 1. The summed E-state index contributed by atoms with van der Waals surface area (Å²) in [6.45, 7) is 5.61. The average molecular weight is 697 g/mol. The smallest absolute Gasteiger partial charge is 0.318 e. The van der Waals surface area contributed by atoms with Crippen molar-refractivity contribution in [3.05, 3.63) is 76.7 Å². The lowest BCUT2D eigenvalue weighted by atomic mass is 9.95. The van der Waals surface area contributed by atoms with Crippen LogP contribution >= 0.6 is 11.6 Å². The van der Waals surface area contributed by atoms with Gasteiger partial charge in [-0.25, -0.2) is 5.84 Å². The maximum atomic E-state index is 13.3. The number of rotatable bonds is 9. The molecule has 3 saturated heterocycles. The van der Waals surface area contributed by atoms with Gasteiger partial charge in [-0.2, -0.15) is 15.2 Å². The Kier molecular flexibility index (Phi) is 9.73. The van der Waals surface area contributed by atoms with Crippen LogP contribution in [0.25, 0.3) is 10.8 Å². The standard InChI is InChI=1S/C37H45ClN10O2/c1-44(41)22-27(40)10-11-33(49)48-21-20-46(23-28(48)12-16-39)35-29-13-19-45(32-9-3-7-26-6-2-8-30(38)34(26)32)24-31(29)42-36(43-35)50-25-37-14-4-17-47(37)18-5-15-37/h2-3,6-11,22,28H,4-5,12-15,17-21,23-25,40-41H2,1H3/b11-10+,27-22-/t28-/m0/s1. The van der Waals surface area contributed by atoms with Gasteiger partial charge < -0.3 is 30.2 Å². The van der Waals surface area contributed by atoms with E-state index in [1.807, 2.05) is 12.1 Å². The van der Waals surface area contributed by atoms with Gasteiger partial charge >= 0.3 is 6.01 Å². The first-order valence-electron chi connectivity index (χ1n) is 17.5. The van der Waals surface area contributed by atoms with Crippen LogP contribution < -0.4 is 26.1 Å². The maximum Gasteiger partial charge on any atom is 0.318 e. The quantitative estimate of drug-likeness (QED) is 0.145. The second kappa shape index (κ2) is 14.3. The van der Waals surface area contributed by atoms with E-state index < -0.39 is 0 Å². The van der Waals surface area contributed by atoms with E-state index in [0.29, 0.717) is 44.5 Å². The number of fused-ring (bicyclic) bond motifs is 3. The van der Waals surface area contributed by atoms with Crippen molar-refractivity contribution in [2.45, 2.75) is 56.7 Å². The Hall–Kier alpha value is -4.57. The SMILES string of the molecule is CN(N)/C=C(N)/C=C/C(=O)N1CCN(c2nc(OCC34CCCN3CCC4)nc3c2CCN(c2cccc4cccc(Cl)c24)C3)C[C@@H]1CC#N. The number of halogens is 1. The molecule has 7 rings (SSSR count). The summed E-state index contributed by atoms with van der Waals surface area (Å²) in [7, 11) is 1.65.